The molecule has 2 aromatic carbocycles. The number of carbonyl (C=O) groups is 9. The summed E-state index contributed by atoms with van der Waals surface area (Å²) in [6.45, 7) is 18.1. The molecule has 0 radical (unpaired) electrons. The van der Waals surface area contributed by atoms with Gasteiger partial charge >= 0.3 is 11.9 Å². The highest BCUT2D eigenvalue weighted by molar-refractivity contribution is 5.99. The maximum atomic E-state index is 13.9. The highest BCUT2D eigenvalue weighted by atomic mass is 16.4. The van der Waals surface area contributed by atoms with Crippen LogP contribution in [0.1, 0.15) is 119 Å². The molecule has 1 unspecified atom stereocenters. The van der Waals surface area contributed by atoms with E-state index >= 15 is 0 Å². The highest BCUT2D eigenvalue weighted by Crippen LogP contribution is 2.19. The number of aryl methyl sites for hydroxylation is 2. The Kier molecular flexibility index (Phi) is 32.3. The number of benzene rings is 2. The predicted molar refractivity (Wildman–Crippen MR) is 374 cm³/mol. The van der Waals surface area contributed by atoms with E-state index in [0.29, 0.717) is 101 Å². The van der Waals surface area contributed by atoms with Gasteiger partial charge in [0.15, 0.2) is 11.9 Å². The minimum atomic E-state index is -1.39. The Balaban J connectivity index is 0.819. The number of amides is 7. The molecule has 0 aliphatic carbocycles. The quantitative estimate of drug-likeness (QED) is 0.0244. The van der Waals surface area contributed by atoms with Crippen LogP contribution in [0.15, 0.2) is 73.6 Å². The van der Waals surface area contributed by atoms with Gasteiger partial charge in [-0.15, -0.1) is 0 Å². The van der Waals surface area contributed by atoms with E-state index in [4.69, 9.17) is 0 Å². The van der Waals surface area contributed by atoms with E-state index in [9.17, 15) is 53.4 Å². The first kappa shape index (κ1) is 76.8. The first-order valence-electron chi connectivity index (χ1n) is 34.7. The molecule has 7 rings (SSSR count). The Hall–Kier alpha value is -9.53. The molecule has 32 heteroatoms. The topological polar surface area (TPSA) is 408 Å². The molecular weight excluding hydrogens is 1270 g/mol. The summed E-state index contributed by atoms with van der Waals surface area (Å²) < 4.78 is 3.68. The third-order valence-corrected chi connectivity index (χ3v) is 17.4. The molecule has 5 heterocycles. The van der Waals surface area contributed by atoms with Crippen molar-refractivity contribution in [1.29, 1.82) is 0 Å². The number of aromatic nitrogens is 8. The summed E-state index contributed by atoms with van der Waals surface area (Å²) in [5.74, 6) is -4.48. The van der Waals surface area contributed by atoms with Gasteiger partial charge in [0.1, 0.15) is 18.1 Å². The summed E-state index contributed by atoms with van der Waals surface area (Å²) >= 11 is 0. The van der Waals surface area contributed by atoms with Gasteiger partial charge < -0.3 is 82.7 Å². The van der Waals surface area contributed by atoms with Crippen molar-refractivity contribution in [2.45, 2.75) is 129 Å². The molecule has 0 spiro atoms. The van der Waals surface area contributed by atoms with Crippen LogP contribution in [0.3, 0.4) is 0 Å². The zero-order valence-electron chi connectivity index (χ0n) is 57.3. The lowest BCUT2D eigenvalue weighted by Crippen LogP contribution is -2.52. The van der Waals surface area contributed by atoms with E-state index in [0.717, 1.165) is 93.6 Å². The Morgan fingerprint density at radius 3 is 1.33 bits per heavy atom. The van der Waals surface area contributed by atoms with Crippen LogP contribution in [0.25, 0.3) is 21.8 Å². The standard InChI is InChI=1S/C67H101N21O11/c1-4-83-33-35-84(5-2)37-39-86(40-38-85(6-3)36-34-83)47-60(92)80-52(63(95)69-24-12-8-10-16-59(91)82-54(65(98)99)46-77-62(94)49-18-21-56-51(42-49)44-79-88(56)32-14-26-71-67-74-29-30-75-67)19-22-57(89)68-23-11-7-9-15-58(90)81-53(64(96)97)45-76-61(93)48-17-20-55-50(41-48)43-78-87(55)31-13-25-70-66-72-27-28-73-66/h17-18,20-21,27-30,41-44,52-54H,4-16,19,22-26,31-40,45-47H2,1-3H3,(H,68,89)(H,69,95)(H,76,93)(H,77,94)(H,80,92)(H,81,90)(H,82,91)(H,96,97)(H,98,99)(H2,70,72,73)(H2,71,74,75)/t52?,53-,54+/m1/s1. The molecule has 3 atom stereocenters. The normalized spacial score (nSPS) is 14.6. The van der Waals surface area contributed by atoms with Crippen LogP contribution in [-0.2, 0) is 46.7 Å². The molecule has 99 heavy (non-hydrogen) atoms. The van der Waals surface area contributed by atoms with Crippen molar-refractivity contribution < 1.29 is 53.4 Å². The maximum Gasteiger partial charge on any atom is 0.328 e. The number of carbonyl (C=O) groups excluding carboxylic acids is 7. The molecule has 1 fully saturated rings. The van der Waals surface area contributed by atoms with E-state index in [1.54, 1.807) is 73.6 Å². The van der Waals surface area contributed by atoms with Crippen molar-refractivity contribution in [3.63, 3.8) is 0 Å². The summed E-state index contributed by atoms with van der Waals surface area (Å²) in [6, 6.07) is 6.37. The summed E-state index contributed by atoms with van der Waals surface area (Å²) in [5.41, 5.74) is 2.28. The van der Waals surface area contributed by atoms with Crippen LogP contribution in [-0.4, -0.2) is 259 Å². The summed E-state index contributed by atoms with van der Waals surface area (Å²) in [7, 11) is 0. The average Bonchev–Trinajstić information content (AvgIpc) is 1.75. The minimum absolute atomic E-state index is 0.00278. The van der Waals surface area contributed by atoms with Gasteiger partial charge in [-0.3, -0.25) is 47.8 Å². The monoisotopic (exact) mass is 1380 g/mol. The molecule has 13 N–H and O–H groups in total. The number of carboxylic acids is 2. The lowest BCUT2D eigenvalue weighted by atomic mass is 10.1. The van der Waals surface area contributed by atoms with E-state index in [2.05, 4.69) is 118 Å². The number of hydrogen-bond acceptors (Lipinski definition) is 19. The predicted octanol–water partition coefficient (Wildman–Crippen LogP) is 2.03. The number of nitrogens with one attached hydrogen (secondary N) is 11. The largest absolute Gasteiger partial charge is 0.480 e. The molecular formula is C67H101N21O11. The molecule has 6 aromatic rings. The molecule has 1 aliphatic heterocycles. The number of aliphatic carboxylic acids is 2. The smallest absolute Gasteiger partial charge is 0.328 e. The lowest BCUT2D eigenvalue weighted by molar-refractivity contribution is -0.142. The maximum absolute atomic E-state index is 13.9. The lowest BCUT2D eigenvalue weighted by Gasteiger charge is -2.33. The number of aromatic amines is 2. The number of rotatable bonds is 42. The summed E-state index contributed by atoms with van der Waals surface area (Å²) in [6.07, 6.45) is 14.3. The van der Waals surface area contributed by atoms with E-state index < -0.39 is 59.6 Å². The van der Waals surface area contributed by atoms with Crippen LogP contribution >= 0.6 is 0 Å². The number of nitrogens with zero attached hydrogens (tertiary/aromatic N) is 10. The number of imidazole rings is 2. The molecule has 1 aliphatic rings. The second kappa shape index (κ2) is 41.7. The highest BCUT2D eigenvalue weighted by Gasteiger charge is 2.26. The number of anilines is 2. The zero-order chi connectivity index (χ0) is 70.7. The van der Waals surface area contributed by atoms with Crippen LogP contribution in [0.5, 0.6) is 0 Å². The van der Waals surface area contributed by atoms with Gasteiger partial charge in [-0.2, -0.15) is 10.2 Å². The summed E-state index contributed by atoms with van der Waals surface area (Å²) in [4.78, 5) is 141. The zero-order valence-corrected chi connectivity index (χ0v) is 57.3. The van der Waals surface area contributed by atoms with Gasteiger partial charge in [0.05, 0.1) is 30.0 Å². The molecule has 7 amide bonds. The number of hydrogen-bond donors (Lipinski definition) is 13. The van der Waals surface area contributed by atoms with Crippen LogP contribution in [0.4, 0.5) is 11.9 Å². The number of likely N-dealkylation sites (N-methyl/N-ethyl adjacent to an activating group) is 3. The van der Waals surface area contributed by atoms with Gasteiger partial charge in [-0.1, -0.05) is 33.6 Å². The van der Waals surface area contributed by atoms with E-state index in [1.165, 1.54) is 0 Å². The number of fused-ring (bicyclic) bond motifs is 2. The van der Waals surface area contributed by atoms with Gasteiger partial charge in [0, 0.05) is 171 Å². The van der Waals surface area contributed by atoms with Crippen molar-refractivity contribution >= 4 is 87.0 Å². The van der Waals surface area contributed by atoms with Crippen molar-refractivity contribution in [2.24, 2.45) is 0 Å². The van der Waals surface area contributed by atoms with Gasteiger partial charge in [0.2, 0.25) is 29.5 Å². The number of H-pyrrole nitrogens is 2. The Morgan fingerprint density at radius 1 is 0.475 bits per heavy atom. The molecule has 4 aromatic heterocycles. The van der Waals surface area contributed by atoms with Crippen molar-refractivity contribution in [1.82, 2.24) is 96.3 Å². The van der Waals surface area contributed by atoms with E-state index in [-0.39, 0.29) is 70.2 Å². The fraction of sp³-hybridized carbons (Fsp3) is 0.567. The molecule has 540 valence electrons. The van der Waals surface area contributed by atoms with Crippen LogP contribution in [0, 0.1) is 0 Å². The first-order chi connectivity index (χ1) is 48.0. The SMILES string of the molecule is CCN1CCN(CC)CCN(CC(=O)NC(CCC(=O)NCCCCCC(=O)N[C@H](CNC(=O)c2ccc3c(cnn3CCCNc3ncc[nH]3)c2)C(=O)O)C(=O)NCCCCCC(=O)N[C@@H](CNC(=O)c2ccc3c(cnn3CCCNc3ncc[nH]3)c2)C(=O)O)CCN(CC)CC1. The van der Waals surface area contributed by atoms with Gasteiger partial charge in [-0.05, 0) is 101 Å². The van der Waals surface area contributed by atoms with E-state index in [1.807, 2.05) is 9.36 Å². The number of carboxylic acid groups (broad SMARTS) is 2. The molecule has 0 saturated carbocycles. The van der Waals surface area contributed by atoms with Crippen molar-refractivity contribution in [2.75, 3.05) is 128 Å². The molecule has 0 bridgehead atoms. The van der Waals surface area contributed by atoms with Crippen LogP contribution < -0.4 is 47.9 Å². The third-order valence-electron chi connectivity index (χ3n) is 17.4. The first-order valence-corrected chi connectivity index (χ1v) is 34.7. The Morgan fingerprint density at radius 2 is 0.909 bits per heavy atom. The summed E-state index contributed by atoms with van der Waals surface area (Å²) in [5, 5.41) is 55.5. The second-order valence-corrected chi connectivity index (χ2v) is 24.6. The Labute approximate surface area is 576 Å². The third kappa shape index (κ3) is 26.7. The fourth-order valence-corrected chi connectivity index (χ4v) is 11.4. The van der Waals surface area contributed by atoms with Crippen LogP contribution in [0.2, 0.25) is 0 Å². The average molecular weight is 1380 g/mol. The van der Waals surface area contributed by atoms with Gasteiger partial charge in [0.25, 0.3) is 11.8 Å². The minimum Gasteiger partial charge on any atom is -0.480 e. The van der Waals surface area contributed by atoms with Crippen molar-refractivity contribution in [3.05, 3.63) is 84.7 Å². The number of unbranched alkanes of at least 4 members (excludes halogenated alkanes) is 4. The van der Waals surface area contributed by atoms with Gasteiger partial charge in [-0.25, -0.2) is 19.6 Å². The van der Waals surface area contributed by atoms with Crippen molar-refractivity contribution in [3.8, 4) is 0 Å². The Bertz CT molecular complexity index is 3490. The fourth-order valence-electron chi connectivity index (χ4n) is 11.4. The molecule has 32 nitrogen and oxygen atoms in total. The molecule has 1 saturated heterocycles. The second-order valence-electron chi connectivity index (χ2n) is 24.6.